The molecule has 3 heteroatoms. The fourth-order valence-corrected chi connectivity index (χ4v) is 1.37. The third-order valence-electron chi connectivity index (χ3n) is 2.46. The molecule has 0 aliphatic carbocycles. The van der Waals surface area contributed by atoms with Gasteiger partial charge in [-0.05, 0) is 25.6 Å². The summed E-state index contributed by atoms with van der Waals surface area (Å²) >= 11 is 0. The lowest BCUT2D eigenvalue weighted by Crippen LogP contribution is -2.26. The van der Waals surface area contributed by atoms with E-state index in [9.17, 15) is 4.79 Å². The van der Waals surface area contributed by atoms with Crippen LogP contribution in [0, 0.1) is 0 Å². The molecule has 0 amide bonds. The van der Waals surface area contributed by atoms with Gasteiger partial charge in [-0.2, -0.15) is 0 Å². The highest BCUT2D eigenvalue weighted by atomic mass is 16.1. The average Bonchev–Trinajstić information content (AvgIpc) is 2.16. The summed E-state index contributed by atoms with van der Waals surface area (Å²) < 4.78 is 1.79. The Hall–Kier alpha value is -1.09. The molecule has 0 radical (unpaired) electrons. The second kappa shape index (κ2) is 5.12. The summed E-state index contributed by atoms with van der Waals surface area (Å²) in [6, 6.07) is 3.57. The van der Waals surface area contributed by atoms with Crippen LogP contribution in [0.3, 0.4) is 0 Å². The molecule has 1 heterocycles. The van der Waals surface area contributed by atoms with Crippen LogP contribution in [-0.2, 0) is 6.54 Å². The minimum Gasteiger partial charge on any atom is -0.314 e. The summed E-state index contributed by atoms with van der Waals surface area (Å²) in [7, 11) is 4.02. The van der Waals surface area contributed by atoms with Crippen molar-refractivity contribution < 1.29 is 0 Å². The van der Waals surface area contributed by atoms with Crippen LogP contribution in [-0.4, -0.2) is 30.1 Å². The molecule has 0 unspecified atom stereocenters. The molecule has 0 saturated carbocycles. The number of aromatic nitrogens is 1. The monoisotopic (exact) mass is 208 g/mol. The van der Waals surface area contributed by atoms with E-state index < -0.39 is 0 Å². The predicted octanol–water partition coefficient (Wildman–Crippen LogP) is 1.53. The maximum Gasteiger partial charge on any atom is 0.250 e. The highest BCUT2D eigenvalue weighted by Crippen LogP contribution is 2.11. The van der Waals surface area contributed by atoms with Crippen LogP contribution >= 0.6 is 0 Å². The lowest BCUT2D eigenvalue weighted by atomic mass is 10.1. The van der Waals surface area contributed by atoms with E-state index in [1.54, 1.807) is 10.6 Å². The standard InChI is InChI=1S/C12H20N2O/c1-10(2)11-5-6-12(15)14(9-11)8-7-13(3)4/h5-6,9-10H,7-8H2,1-4H3. The Morgan fingerprint density at radius 1 is 1.33 bits per heavy atom. The van der Waals surface area contributed by atoms with Gasteiger partial charge >= 0.3 is 0 Å². The van der Waals surface area contributed by atoms with Crippen LogP contribution < -0.4 is 5.56 Å². The summed E-state index contributed by atoms with van der Waals surface area (Å²) in [5.41, 5.74) is 1.30. The summed E-state index contributed by atoms with van der Waals surface area (Å²) in [5, 5.41) is 0. The Morgan fingerprint density at radius 2 is 2.00 bits per heavy atom. The van der Waals surface area contributed by atoms with Gasteiger partial charge in [0, 0.05) is 25.4 Å². The predicted molar refractivity (Wildman–Crippen MR) is 63.3 cm³/mol. The van der Waals surface area contributed by atoms with Gasteiger partial charge in [0.25, 0.3) is 5.56 Å². The van der Waals surface area contributed by atoms with Gasteiger partial charge in [0.2, 0.25) is 0 Å². The highest BCUT2D eigenvalue weighted by molar-refractivity contribution is 5.13. The van der Waals surface area contributed by atoms with E-state index in [-0.39, 0.29) is 5.56 Å². The van der Waals surface area contributed by atoms with E-state index in [2.05, 4.69) is 18.7 Å². The number of pyridine rings is 1. The molecule has 1 rings (SSSR count). The molecule has 0 atom stereocenters. The van der Waals surface area contributed by atoms with Gasteiger partial charge in [0.15, 0.2) is 0 Å². The Labute approximate surface area is 91.3 Å². The number of rotatable bonds is 4. The zero-order valence-electron chi connectivity index (χ0n) is 10.0. The first-order chi connectivity index (χ1) is 7.00. The highest BCUT2D eigenvalue weighted by Gasteiger charge is 2.02. The molecule has 1 aromatic heterocycles. The van der Waals surface area contributed by atoms with Crippen molar-refractivity contribution >= 4 is 0 Å². The van der Waals surface area contributed by atoms with Gasteiger partial charge in [0.05, 0.1) is 0 Å². The molecule has 1 aromatic rings. The van der Waals surface area contributed by atoms with Crippen molar-refractivity contribution in [2.45, 2.75) is 26.3 Å². The molecule has 0 aliphatic rings. The topological polar surface area (TPSA) is 25.2 Å². The molecule has 3 nitrogen and oxygen atoms in total. The van der Waals surface area contributed by atoms with Crippen LogP contribution in [0.15, 0.2) is 23.1 Å². The van der Waals surface area contributed by atoms with Crippen molar-refractivity contribution in [3.8, 4) is 0 Å². The lowest BCUT2D eigenvalue weighted by molar-refractivity contribution is 0.380. The van der Waals surface area contributed by atoms with Gasteiger partial charge in [-0.3, -0.25) is 4.79 Å². The molecular formula is C12H20N2O. The first-order valence-electron chi connectivity index (χ1n) is 5.36. The molecule has 0 aromatic carbocycles. The molecule has 0 bridgehead atoms. The SMILES string of the molecule is CC(C)c1ccc(=O)n(CCN(C)C)c1. The summed E-state index contributed by atoms with van der Waals surface area (Å²) in [4.78, 5) is 13.6. The maximum atomic E-state index is 11.6. The van der Waals surface area contributed by atoms with Crippen LogP contribution in [0.4, 0.5) is 0 Å². The molecule has 0 fully saturated rings. The molecule has 0 aliphatic heterocycles. The Kier molecular flexibility index (Phi) is 4.09. The summed E-state index contributed by atoms with van der Waals surface area (Å²) in [6.45, 7) is 5.92. The second-order valence-corrected chi connectivity index (χ2v) is 4.45. The molecular weight excluding hydrogens is 188 g/mol. The van der Waals surface area contributed by atoms with Crippen LogP contribution in [0.25, 0.3) is 0 Å². The van der Waals surface area contributed by atoms with Crippen molar-refractivity contribution in [2.24, 2.45) is 0 Å². The second-order valence-electron chi connectivity index (χ2n) is 4.45. The molecule has 15 heavy (non-hydrogen) atoms. The number of likely N-dealkylation sites (N-methyl/N-ethyl adjacent to an activating group) is 1. The zero-order valence-corrected chi connectivity index (χ0v) is 10.0. The number of hydrogen-bond donors (Lipinski definition) is 0. The van der Waals surface area contributed by atoms with Crippen molar-refractivity contribution in [3.63, 3.8) is 0 Å². The fraction of sp³-hybridized carbons (Fsp3) is 0.583. The smallest absolute Gasteiger partial charge is 0.250 e. The van der Waals surface area contributed by atoms with E-state index in [0.717, 1.165) is 13.1 Å². The van der Waals surface area contributed by atoms with Crippen molar-refractivity contribution in [1.82, 2.24) is 9.47 Å². The van der Waals surface area contributed by atoms with Crippen molar-refractivity contribution in [1.29, 1.82) is 0 Å². The molecule has 84 valence electrons. The molecule has 0 N–H and O–H groups in total. The van der Waals surface area contributed by atoms with Gasteiger partial charge < -0.3 is 9.47 Å². The minimum atomic E-state index is 0.0845. The fourth-order valence-electron chi connectivity index (χ4n) is 1.37. The largest absolute Gasteiger partial charge is 0.314 e. The summed E-state index contributed by atoms with van der Waals surface area (Å²) in [5.74, 6) is 0.469. The van der Waals surface area contributed by atoms with E-state index >= 15 is 0 Å². The van der Waals surface area contributed by atoms with Crippen LogP contribution in [0.1, 0.15) is 25.3 Å². The van der Waals surface area contributed by atoms with E-state index in [1.807, 2.05) is 26.4 Å². The van der Waals surface area contributed by atoms with Gasteiger partial charge in [-0.1, -0.05) is 19.9 Å². The Balaban J connectivity index is 2.86. The van der Waals surface area contributed by atoms with Crippen LogP contribution in [0.2, 0.25) is 0 Å². The van der Waals surface area contributed by atoms with Gasteiger partial charge in [0.1, 0.15) is 0 Å². The minimum absolute atomic E-state index is 0.0845. The first-order valence-corrected chi connectivity index (χ1v) is 5.36. The maximum absolute atomic E-state index is 11.6. The van der Waals surface area contributed by atoms with E-state index in [1.165, 1.54) is 5.56 Å². The normalized spacial score (nSPS) is 11.3. The third-order valence-corrected chi connectivity index (χ3v) is 2.46. The van der Waals surface area contributed by atoms with Gasteiger partial charge in [-0.15, -0.1) is 0 Å². The van der Waals surface area contributed by atoms with Gasteiger partial charge in [-0.25, -0.2) is 0 Å². The van der Waals surface area contributed by atoms with Crippen molar-refractivity contribution in [3.05, 3.63) is 34.2 Å². The van der Waals surface area contributed by atoms with Crippen molar-refractivity contribution in [2.75, 3.05) is 20.6 Å². The third kappa shape index (κ3) is 3.51. The Bertz CT molecular complexity index is 366. The zero-order chi connectivity index (χ0) is 11.4. The quantitative estimate of drug-likeness (QED) is 0.750. The van der Waals surface area contributed by atoms with E-state index in [4.69, 9.17) is 0 Å². The lowest BCUT2D eigenvalue weighted by Gasteiger charge is -2.13. The van der Waals surface area contributed by atoms with Crippen LogP contribution in [0.5, 0.6) is 0 Å². The number of nitrogens with zero attached hydrogens (tertiary/aromatic N) is 2. The van der Waals surface area contributed by atoms with E-state index in [0.29, 0.717) is 5.92 Å². The first kappa shape index (κ1) is 12.0. The number of hydrogen-bond acceptors (Lipinski definition) is 2. The molecule has 0 spiro atoms. The molecule has 0 saturated heterocycles. The summed E-state index contributed by atoms with van der Waals surface area (Å²) in [6.07, 6.45) is 1.97. The average molecular weight is 208 g/mol. The Morgan fingerprint density at radius 3 is 2.53 bits per heavy atom.